The average molecular weight is 633 g/mol. The van der Waals surface area contributed by atoms with Gasteiger partial charge in [-0.25, -0.2) is 22.5 Å². The number of nitrogens with one attached hydrogen (secondary N) is 2. The minimum Gasteiger partial charge on any atom is -0.474 e. The molecule has 0 saturated carbocycles. The fraction of sp³-hybridized carbons (Fsp3) is 0.536. The first-order valence-corrected chi connectivity index (χ1v) is 13.9. The summed E-state index contributed by atoms with van der Waals surface area (Å²) in [6.07, 6.45) is -8.03. The van der Waals surface area contributed by atoms with Crippen LogP contribution in [0.3, 0.4) is 0 Å². The Morgan fingerprint density at radius 2 is 1.91 bits per heavy atom. The molecule has 2 aliphatic rings. The molecule has 4 heterocycles. The van der Waals surface area contributed by atoms with E-state index in [4.69, 9.17) is 19.9 Å². The Morgan fingerprint density at radius 1 is 1.16 bits per heavy atom. The van der Waals surface area contributed by atoms with Crippen LogP contribution in [0.2, 0.25) is 0 Å². The van der Waals surface area contributed by atoms with Gasteiger partial charge in [0, 0.05) is 24.8 Å². The maximum absolute atomic E-state index is 16.5. The number of halogens is 7. The van der Waals surface area contributed by atoms with Gasteiger partial charge in [0.05, 0.1) is 29.4 Å². The third kappa shape index (κ3) is 6.01. The van der Waals surface area contributed by atoms with Crippen LogP contribution in [0.25, 0.3) is 22.2 Å². The van der Waals surface area contributed by atoms with Gasteiger partial charge in [-0.15, -0.1) is 0 Å². The lowest BCUT2D eigenvalue weighted by Gasteiger charge is -2.26. The van der Waals surface area contributed by atoms with Gasteiger partial charge in [-0.3, -0.25) is 0 Å². The van der Waals surface area contributed by atoms with Gasteiger partial charge < -0.3 is 30.6 Å². The molecule has 2 unspecified atom stereocenters. The molecule has 0 aliphatic carbocycles. The molecule has 1 fully saturated rings. The second kappa shape index (κ2) is 12.0. The number of pyridine rings is 1. The number of rotatable bonds is 5. The Bertz CT molecular complexity index is 1550. The van der Waals surface area contributed by atoms with Gasteiger partial charge >= 0.3 is 12.2 Å². The number of aromatic nitrogens is 3. The number of alkyl halides is 5. The number of nitrogens with zero attached hydrogens (tertiary/aromatic N) is 3. The first-order chi connectivity index (χ1) is 20.7. The van der Waals surface area contributed by atoms with Crippen molar-refractivity contribution in [2.75, 3.05) is 44.0 Å². The second-order valence-corrected chi connectivity index (χ2v) is 11.2. The molecule has 240 valence electrons. The summed E-state index contributed by atoms with van der Waals surface area (Å²) in [4.78, 5) is 12.6. The smallest absolute Gasteiger partial charge is 0.417 e. The molecular weight excluding hydrogens is 601 g/mol. The molecule has 0 bridgehead atoms. The van der Waals surface area contributed by atoms with Gasteiger partial charge in [0.15, 0.2) is 5.82 Å². The monoisotopic (exact) mass is 632 g/mol. The molecule has 1 saturated heterocycles. The highest BCUT2D eigenvalue weighted by atomic mass is 19.4. The molecule has 3 aromatic rings. The third-order valence-electron chi connectivity index (χ3n) is 7.81. The van der Waals surface area contributed by atoms with E-state index in [1.165, 1.54) is 0 Å². The topological polar surface area (TPSA) is 116 Å². The Hall–Kier alpha value is -3.66. The van der Waals surface area contributed by atoms with E-state index >= 15 is 4.39 Å². The average Bonchev–Trinajstić information content (AvgIpc) is 3.43. The van der Waals surface area contributed by atoms with Crippen molar-refractivity contribution in [3.63, 3.8) is 0 Å². The fourth-order valence-corrected chi connectivity index (χ4v) is 5.23. The van der Waals surface area contributed by atoms with E-state index in [2.05, 4.69) is 25.6 Å². The van der Waals surface area contributed by atoms with Crippen molar-refractivity contribution in [1.29, 1.82) is 0 Å². The normalized spacial score (nSPS) is 22.9. The highest BCUT2D eigenvalue weighted by Crippen LogP contribution is 2.45. The molecular formula is C28H31F7N6O3. The summed E-state index contributed by atoms with van der Waals surface area (Å²) in [5.74, 6) is -2.98. The van der Waals surface area contributed by atoms with Crippen LogP contribution >= 0.6 is 0 Å². The molecule has 44 heavy (non-hydrogen) atoms. The molecule has 0 amide bonds. The van der Waals surface area contributed by atoms with Crippen molar-refractivity contribution in [1.82, 2.24) is 20.3 Å². The van der Waals surface area contributed by atoms with E-state index in [-0.39, 0.29) is 49.3 Å². The number of nitrogens with two attached hydrogens (primary N) is 1. The summed E-state index contributed by atoms with van der Waals surface area (Å²) < 4.78 is 118. The third-order valence-corrected chi connectivity index (χ3v) is 7.81. The van der Waals surface area contributed by atoms with Crippen molar-refractivity contribution >= 4 is 22.4 Å². The predicted octanol–water partition coefficient (Wildman–Crippen LogP) is 5.49. The molecule has 1 aromatic carbocycles. The van der Waals surface area contributed by atoms with Gasteiger partial charge in [0.2, 0.25) is 12.3 Å². The number of nitrogen functional groups attached to an aromatic ring is 1. The van der Waals surface area contributed by atoms with E-state index in [0.29, 0.717) is 19.0 Å². The van der Waals surface area contributed by atoms with E-state index in [1.54, 1.807) is 6.92 Å². The lowest BCUT2D eigenvalue weighted by molar-refractivity contribution is -0.137. The summed E-state index contributed by atoms with van der Waals surface area (Å²) in [5, 5.41) is 6.20. The molecule has 9 nitrogen and oxygen atoms in total. The fourth-order valence-electron chi connectivity index (χ4n) is 5.23. The molecule has 2 aliphatic heterocycles. The zero-order chi connectivity index (χ0) is 32.0. The second-order valence-electron chi connectivity index (χ2n) is 11.2. The van der Waals surface area contributed by atoms with Crippen LogP contribution < -0.4 is 25.8 Å². The lowest BCUT2D eigenvalue weighted by Crippen LogP contribution is -2.36. The molecule has 0 spiro atoms. The summed E-state index contributed by atoms with van der Waals surface area (Å²) in [6, 6.07) is 0.0235. The largest absolute Gasteiger partial charge is 0.474 e. The summed E-state index contributed by atoms with van der Waals surface area (Å²) in [6.45, 7) is 4.44. The van der Waals surface area contributed by atoms with Crippen molar-refractivity contribution in [2.24, 2.45) is 5.41 Å². The Kier molecular flexibility index (Phi) is 8.68. The highest BCUT2D eigenvalue weighted by Gasteiger charge is 2.45. The van der Waals surface area contributed by atoms with Crippen molar-refractivity contribution in [3.05, 3.63) is 28.8 Å². The van der Waals surface area contributed by atoms with Crippen LogP contribution in [0.5, 0.6) is 11.9 Å². The van der Waals surface area contributed by atoms with Crippen LogP contribution in [0.1, 0.15) is 37.8 Å². The van der Waals surface area contributed by atoms with Crippen LogP contribution in [0.4, 0.5) is 42.2 Å². The molecule has 2 aromatic heterocycles. The number of hydrogen-bond donors (Lipinski definition) is 3. The van der Waals surface area contributed by atoms with Gasteiger partial charge in [-0.2, -0.15) is 23.1 Å². The van der Waals surface area contributed by atoms with Crippen LogP contribution in [-0.4, -0.2) is 66.4 Å². The van der Waals surface area contributed by atoms with Crippen molar-refractivity contribution in [3.8, 4) is 23.1 Å². The zero-order valence-electron chi connectivity index (χ0n) is 24.0. The lowest BCUT2D eigenvalue weighted by atomic mass is 9.89. The van der Waals surface area contributed by atoms with Gasteiger partial charge in [0.1, 0.15) is 34.8 Å². The first kappa shape index (κ1) is 31.8. The number of benzene rings is 1. The van der Waals surface area contributed by atoms with Crippen molar-refractivity contribution < 1.29 is 44.9 Å². The van der Waals surface area contributed by atoms with Crippen LogP contribution in [-0.2, 0) is 10.9 Å². The van der Waals surface area contributed by atoms with Crippen LogP contribution in [0, 0.1) is 24.0 Å². The Labute approximate surface area is 247 Å². The molecule has 3 atom stereocenters. The molecule has 0 radical (unpaired) electrons. The molecule has 4 N–H and O–H groups in total. The maximum atomic E-state index is 16.5. The number of hydrogen-bond acceptors (Lipinski definition) is 9. The van der Waals surface area contributed by atoms with E-state index in [9.17, 15) is 26.3 Å². The zero-order valence-corrected chi connectivity index (χ0v) is 24.0. The molecule has 16 heteroatoms. The number of ether oxygens (including phenoxy) is 3. The van der Waals surface area contributed by atoms with Crippen LogP contribution in [0.15, 0.2) is 6.07 Å². The first-order valence-electron chi connectivity index (χ1n) is 13.9. The molecule has 5 rings (SSSR count). The van der Waals surface area contributed by atoms with E-state index in [0.717, 1.165) is 6.92 Å². The Balaban J connectivity index is 1.76. The SMILES string of the molecule is Cc1c(F)c(N)cc(-c2nc3c4c(nc(OCC5(C(F)F)CCOC5)nc4c2F)NCC(C)NCC[C@H](C)O3)c1C(F)(F)F. The number of anilines is 2. The van der Waals surface area contributed by atoms with E-state index < -0.39 is 82.0 Å². The van der Waals surface area contributed by atoms with Gasteiger partial charge in [0.25, 0.3) is 0 Å². The Morgan fingerprint density at radius 3 is 2.57 bits per heavy atom. The van der Waals surface area contributed by atoms with Crippen molar-refractivity contribution in [2.45, 2.75) is 58.4 Å². The summed E-state index contributed by atoms with van der Waals surface area (Å²) in [5.41, 5.74) is -1.19. The summed E-state index contributed by atoms with van der Waals surface area (Å²) in [7, 11) is 0. The minimum atomic E-state index is -5.12. The minimum absolute atomic E-state index is 0.00357. The van der Waals surface area contributed by atoms with Gasteiger partial charge in [-0.05, 0) is 51.8 Å². The van der Waals surface area contributed by atoms with E-state index in [1.807, 2.05) is 6.92 Å². The quantitative estimate of drug-likeness (QED) is 0.248. The predicted molar refractivity (Wildman–Crippen MR) is 147 cm³/mol. The standard InChI is InChI=1S/C28H31F7N6O3/c1-12-9-38-23-17-22(40-26(41-23)43-11-27(25(31)32)5-7-42-10-27)20(30)21(39-24(17)44-13(2)4-6-37-12)15-8-16(36)19(29)14(3)18(15)28(33,34)35/h8,12-13,25,37H,4-7,9-11,36H2,1-3H3,(H,38,40,41)/t12?,13-,27?/m0/s1. The maximum Gasteiger partial charge on any atom is 0.417 e. The highest BCUT2D eigenvalue weighted by molar-refractivity contribution is 5.96. The van der Waals surface area contributed by atoms with Gasteiger partial charge in [-0.1, -0.05) is 0 Å². The summed E-state index contributed by atoms with van der Waals surface area (Å²) >= 11 is 0.